The van der Waals surface area contributed by atoms with Gasteiger partial charge in [0.25, 0.3) is 0 Å². The van der Waals surface area contributed by atoms with Crippen LogP contribution in [0.15, 0.2) is 42.6 Å². The number of pyridine rings is 1. The number of anilines is 3. The van der Waals surface area contributed by atoms with Gasteiger partial charge in [-0.05, 0) is 56.2 Å². The first-order chi connectivity index (χ1) is 16.2. The van der Waals surface area contributed by atoms with Crippen molar-refractivity contribution < 1.29 is 27.5 Å². The van der Waals surface area contributed by atoms with E-state index in [-0.39, 0.29) is 17.6 Å². The zero-order valence-electron chi connectivity index (χ0n) is 18.6. The van der Waals surface area contributed by atoms with Crippen LogP contribution in [0.5, 0.6) is 0 Å². The second-order valence-electron chi connectivity index (χ2n) is 8.35. The Morgan fingerprint density at radius 2 is 1.85 bits per heavy atom. The van der Waals surface area contributed by atoms with E-state index >= 15 is 0 Å². The fourth-order valence-electron chi connectivity index (χ4n) is 4.16. The third-order valence-electron chi connectivity index (χ3n) is 5.92. The van der Waals surface area contributed by atoms with Crippen molar-refractivity contribution in [1.29, 1.82) is 0 Å². The Morgan fingerprint density at radius 3 is 2.50 bits per heavy atom. The summed E-state index contributed by atoms with van der Waals surface area (Å²) < 4.78 is 43.4. The van der Waals surface area contributed by atoms with Crippen molar-refractivity contribution in [2.24, 2.45) is 0 Å². The number of hydrogen-bond acceptors (Lipinski definition) is 5. The smallest absolute Gasteiger partial charge is 0.377 e. The highest BCUT2D eigenvalue weighted by Crippen LogP contribution is 2.28. The summed E-state index contributed by atoms with van der Waals surface area (Å²) in [6.07, 6.45) is -2.47. The SMILES string of the molecule is CC1COCCN1c1ccc(N2CCCC(NC(=O)Nc3ccc(C(F)(F)F)nc3)C2=O)cc1. The molecule has 0 saturated carbocycles. The van der Waals surface area contributed by atoms with E-state index in [0.29, 0.717) is 32.6 Å². The zero-order chi connectivity index (χ0) is 24.3. The van der Waals surface area contributed by atoms with Crippen LogP contribution in [0, 0.1) is 0 Å². The molecule has 2 saturated heterocycles. The molecule has 2 fully saturated rings. The summed E-state index contributed by atoms with van der Waals surface area (Å²) in [6, 6.07) is 8.48. The summed E-state index contributed by atoms with van der Waals surface area (Å²) in [5, 5.41) is 5.04. The number of ether oxygens (including phenoxy) is 1. The van der Waals surface area contributed by atoms with Crippen LogP contribution < -0.4 is 20.4 Å². The number of urea groups is 1. The number of alkyl halides is 3. The monoisotopic (exact) mass is 477 g/mol. The normalized spacial score (nSPS) is 21.4. The highest BCUT2D eigenvalue weighted by atomic mass is 19.4. The van der Waals surface area contributed by atoms with Gasteiger partial charge in [0, 0.05) is 30.5 Å². The fraction of sp³-hybridized carbons (Fsp3) is 0.435. The lowest BCUT2D eigenvalue weighted by molar-refractivity contribution is -0.141. The first-order valence-electron chi connectivity index (χ1n) is 11.1. The summed E-state index contributed by atoms with van der Waals surface area (Å²) in [6.45, 7) is 4.79. The molecule has 0 radical (unpaired) electrons. The van der Waals surface area contributed by atoms with Gasteiger partial charge in [-0.1, -0.05) is 0 Å². The molecule has 0 aliphatic carbocycles. The van der Waals surface area contributed by atoms with E-state index in [1.54, 1.807) is 4.90 Å². The number of rotatable bonds is 4. The summed E-state index contributed by atoms with van der Waals surface area (Å²) in [5.74, 6) is -0.237. The van der Waals surface area contributed by atoms with Gasteiger partial charge in [0.05, 0.1) is 25.1 Å². The Balaban J connectivity index is 1.36. The number of nitrogens with one attached hydrogen (secondary N) is 2. The minimum atomic E-state index is -4.56. The number of carbonyl (C=O) groups is 2. The molecule has 3 heterocycles. The molecule has 11 heteroatoms. The molecule has 8 nitrogen and oxygen atoms in total. The van der Waals surface area contributed by atoms with E-state index in [1.807, 2.05) is 24.3 Å². The van der Waals surface area contributed by atoms with Crippen LogP contribution in [0.2, 0.25) is 0 Å². The number of piperidine rings is 1. The third kappa shape index (κ3) is 5.41. The van der Waals surface area contributed by atoms with Crippen molar-refractivity contribution in [3.63, 3.8) is 0 Å². The van der Waals surface area contributed by atoms with Crippen molar-refractivity contribution in [1.82, 2.24) is 10.3 Å². The van der Waals surface area contributed by atoms with Crippen LogP contribution in [0.25, 0.3) is 0 Å². The average Bonchev–Trinajstić information content (AvgIpc) is 2.81. The lowest BCUT2D eigenvalue weighted by atomic mass is 10.0. The van der Waals surface area contributed by atoms with Crippen molar-refractivity contribution in [3.8, 4) is 0 Å². The zero-order valence-corrected chi connectivity index (χ0v) is 18.6. The Morgan fingerprint density at radius 1 is 1.12 bits per heavy atom. The van der Waals surface area contributed by atoms with Crippen molar-refractivity contribution in [2.45, 2.75) is 38.0 Å². The Kier molecular flexibility index (Phi) is 6.92. The molecule has 3 amide bonds. The molecule has 2 N–H and O–H groups in total. The van der Waals surface area contributed by atoms with Gasteiger partial charge < -0.3 is 25.2 Å². The second-order valence-corrected chi connectivity index (χ2v) is 8.35. The second kappa shape index (κ2) is 9.88. The molecule has 2 atom stereocenters. The molecule has 2 unspecified atom stereocenters. The first-order valence-corrected chi connectivity index (χ1v) is 11.1. The van der Waals surface area contributed by atoms with Gasteiger partial charge in [0.2, 0.25) is 5.91 Å². The standard InChI is InChI=1S/C23H26F3N5O3/c1-15-14-34-12-11-30(15)17-5-7-18(8-6-17)31-10-2-3-19(21(31)32)29-22(33)28-16-4-9-20(27-13-16)23(24,25)26/h4-9,13,15,19H,2-3,10-12,14H2,1H3,(H2,28,29,33). The number of halogens is 3. The summed E-state index contributed by atoms with van der Waals surface area (Å²) in [4.78, 5) is 32.6. The van der Waals surface area contributed by atoms with Crippen LogP contribution in [0.4, 0.5) is 35.0 Å². The summed E-state index contributed by atoms with van der Waals surface area (Å²) in [5.41, 5.74) is 0.848. The Hall–Kier alpha value is -3.34. The molecule has 2 aliphatic heterocycles. The van der Waals surface area contributed by atoms with Gasteiger partial charge in [-0.3, -0.25) is 4.79 Å². The van der Waals surface area contributed by atoms with Crippen molar-refractivity contribution >= 4 is 29.0 Å². The van der Waals surface area contributed by atoms with E-state index in [4.69, 9.17) is 4.74 Å². The van der Waals surface area contributed by atoms with Gasteiger partial charge in [-0.25, -0.2) is 9.78 Å². The number of carbonyl (C=O) groups excluding carboxylic acids is 2. The molecule has 34 heavy (non-hydrogen) atoms. The number of nitrogens with zero attached hydrogens (tertiary/aromatic N) is 3. The summed E-state index contributed by atoms with van der Waals surface area (Å²) >= 11 is 0. The molecule has 0 spiro atoms. The van der Waals surface area contributed by atoms with E-state index in [9.17, 15) is 22.8 Å². The van der Waals surface area contributed by atoms with E-state index in [1.165, 1.54) is 0 Å². The van der Waals surface area contributed by atoms with Crippen molar-refractivity contribution in [3.05, 3.63) is 48.3 Å². The summed E-state index contributed by atoms with van der Waals surface area (Å²) in [7, 11) is 0. The topological polar surface area (TPSA) is 86.8 Å². The molecule has 4 rings (SSSR count). The van der Waals surface area contributed by atoms with Gasteiger partial charge in [-0.2, -0.15) is 13.2 Å². The van der Waals surface area contributed by atoms with Crippen LogP contribution in [-0.2, 0) is 15.7 Å². The molecule has 1 aromatic heterocycles. The molecular weight excluding hydrogens is 451 g/mol. The fourth-order valence-corrected chi connectivity index (χ4v) is 4.16. The van der Waals surface area contributed by atoms with Crippen LogP contribution in [0.3, 0.4) is 0 Å². The number of morpholine rings is 1. The maximum Gasteiger partial charge on any atom is 0.433 e. The number of aromatic nitrogens is 1. The Bertz CT molecular complexity index is 1010. The minimum absolute atomic E-state index is 0.0959. The first kappa shape index (κ1) is 23.8. The largest absolute Gasteiger partial charge is 0.433 e. The van der Waals surface area contributed by atoms with Gasteiger partial charge in [0.1, 0.15) is 11.7 Å². The third-order valence-corrected chi connectivity index (χ3v) is 5.92. The molecular formula is C23H26F3N5O3. The molecule has 182 valence electrons. The van der Waals surface area contributed by atoms with Crippen LogP contribution in [0.1, 0.15) is 25.5 Å². The number of amides is 3. The minimum Gasteiger partial charge on any atom is -0.377 e. The molecule has 1 aromatic carbocycles. The Labute approximate surface area is 195 Å². The number of hydrogen-bond donors (Lipinski definition) is 2. The predicted octanol–water partition coefficient (Wildman–Crippen LogP) is 3.64. The number of benzene rings is 1. The highest BCUT2D eigenvalue weighted by Gasteiger charge is 2.33. The maximum atomic E-state index is 13.0. The van der Waals surface area contributed by atoms with Crippen molar-refractivity contribution in [2.75, 3.05) is 41.4 Å². The van der Waals surface area contributed by atoms with Gasteiger partial charge in [0.15, 0.2) is 0 Å². The van der Waals surface area contributed by atoms with Crippen LogP contribution >= 0.6 is 0 Å². The highest BCUT2D eigenvalue weighted by molar-refractivity contribution is 6.01. The predicted molar refractivity (Wildman–Crippen MR) is 121 cm³/mol. The molecule has 2 aromatic rings. The van der Waals surface area contributed by atoms with Gasteiger partial charge in [-0.15, -0.1) is 0 Å². The van der Waals surface area contributed by atoms with E-state index in [0.717, 1.165) is 36.2 Å². The molecule has 2 aliphatic rings. The van der Waals surface area contributed by atoms with Gasteiger partial charge >= 0.3 is 12.2 Å². The van der Waals surface area contributed by atoms with E-state index < -0.39 is 23.9 Å². The van der Waals surface area contributed by atoms with E-state index in [2.05, 4.69) is 27.4 Å². The average molecular weight is 477 g/mol. The lowest BCUT2D eigenvalue weighted by Crippen LogP contribution is -2.53. The quantitative estimate of drug-likeness (QED) is 0.702. The lowest BCUT2D eigenvalue weighted by Gasteiger charge is -2.36. The maximum absolute atomic E-state index is 13.0. The molecule has 0 bridgehead atoms. The van der Waals surface area contributed by atoms with Crippen LogP contribution in [-0.4, -0.2) is 55.3 Å².